The Morgan fingerprint density at radius 1 is 1.50 bits per heavy atom. The van der Waals surface area contributed by atoms with E-state index in [0.29, 0.717) is 11.5 Å². The molecule has 5 nitrogen and oxygen atoms in total. The molecular weight excluding hydrogens is 204 g/mol. The number of nitrogens with one attached hydrogen (secondary N) is 1. The van der Waals surface area contributed by atoms with Crippen molar-refractivity contribution in [2.75, 3.05) is 0 Å². The van der Waals surface area contributed by atoms with Crippen molar-refractivity contribution in [2.45, 2.75) is 38.6 Å². The summed E-state index contributed by atoms with van der Waals surface area (Å²) in [6.45, 7) is 0.915. The summed E-state index contributed by atoms with van der Waals surface area (Å²) in [5, 5.41) is 4.18. The van der Waals surface area contributed by atoms with E-state index >= 15 is 0 Å². The lowest BCUT2D eigenvalue weighted by atomic mass is 9.89. The van der Waals surface area contributed by atoms with Gasteiger partial charge in [0.25, 0.3) is 5.91 Å². The van der Waals surface area contributed by atoms with Gasteiger partial charge in [-0.2, -0.15) is 5.10 Å². The molecule has 5 heteroatoms. The molecule has 1 fully saturated rings. The Bertz CT molecular complexity index is 355. The van der Waals surface area contributed by atoms with E-state index in [1.54, 1.807) is 12.4 Å². The Kier molecular flexibility index (Phi) is 3.56. The van der Waals surface area contributed by atoms with Gasteiger partial charge in [0.15, 0.2) is 0 Å². The van der Waals surface area contributed by atoms with Crippen LogP contribution >= 0.6 is 0 Å². The van der Waals surface area contributed by atoms with Crippen LogP contribution in [0.15, 0.2) is 12.4 Å². The second-order valence-corrected chi connectivity index (χ2v) is 4.43. The summed E-state index contributed by atoms with van der Waals surface area (Å²) in [7, 11) is 0. The number of carbonyl (C=O) groups excluding carboxylic acids is 1. The molecule has 0 unspecified atom stereocenters. The maximum atomic E-state index is 11.2. The van der Waals surface area contributed by atoms with E-state index in [9.17, 15) is 4.79 Å². The van der Waals surface area contributed by atoms with Crippen molar-refractivity contribution in [3.05, 3.63) is 18.0 Å². The van der Waals surface area contributed by atoms with Gasteiger partial charge in [-0.25, -0.2) is 5.84 Å². The van der Waals surface area contributed by atoms with E-state index in [4.69, 9.17) is 5.84 Å². The zero-order chi connectivity index (χ0) is 11.4. The van der Waals surface area contributed by atoms with Crippen molar-refractivity contribution < 1.29 is 4.79 Å². The van der Waals surface area contributed by atoms with Gasteiger partial charge < -0.3 is 0 Å². The summed E-state index contributed by atoms with van der Waals surface area (Å²) in [6.07, 6.45) is 9.87. The highest BCUT2D eigenvalue weighted by Crippen LogP contribution is 2.24. The van der Waals surface area contributed by atoms with Crippen LogP contribution in [0.25, 0.3) is 0 Å². The molecule has 0 saturated heterocycles. The number of hydrazine groups is 1. The summed E-state index contributed by atoms with van der Waals surface area (Å²) >= 11 is 0. The summed E-state index contributed by atoms with van der Waals surface area (Å²) in [5.41, 5.74) is 2.63. The molecule has 2 rings (SSSR count). The first-order chi connectivity index (χ1) is 7.79. The fraction of sp³-hybridized carbons (Fsp3) is 0.636. The highest BCUT2D eigenvalue weighted by atomic mass is 16.2. The van der Waals surface area contributed by atoms with Crippen molar-refractivity contribution in [3.8, 4) is 0 Å². The third-order valence-corrected chi connectivity index (χ3v) is 3.20. The van der Waals surface area contributed by atoms with E-state index in [1.165, 1.54) is 32.1 Å². The fourth-order valence-electron chi connectivity index (χ4n) is 2.30. The molecule has 1 heterocycles. The predicted molar refractivity (Wildman–Crippen MR) is 60.5 cm³/mol. The van der Waals surface area contributed by atoms with Gasteiger partial charge in [0, 0.05) is 12.7 Å². The van der Waals surface area contributed by atoms with Gasteiger partial charge in [-0.05, 0) is 18.8 Å². The summed E-state index contributed by atoms with van der Waals surface area (Å²) < 4.78 is 1.85. The maximum Gasteiger partial charge on any atom is 0.268 e. The summed E-state index contributed by atoms with van der Waals surface area (Å²) in [6, 6.07) is 0. The summed E-state index contributed by atoms with van der Waals surface area (Å²) in [4.78, 5) is 11.2. The molecule has 88 valence electrons. The van der Waals surface area contributed by atoms with E-state index in [1.807, 2.05) is 4.68 Å². The average Bonchev–Trinajstić information content (AvgIpc) is 2.78. The zero-order valence-corrected chi connectivity index (χ0v) is 9.35. The number of rotatable bonds is 3. The van der Waals surface area contributed by atoms with Gasteiger partial charge >= 0.3 is 0 Å². The normalized spacial score (nSPS) is 17.3. The van der Waals surface area contributed by atoms with Crippen LogP contribution in [-0.2, 0) is 6.54 Å². The Morgan fingerprint density at radius 2 is 2.25 bits per heavy atom. The molecule has 1 aliphatic carbocycles. The molecule has 0 spiro atoms. The minimum atomic E-state index is -0.283. The lowest BCUT2D eigenvalue weighted by Crippen LogP contribution is -2.29. The number of nitrogens with zero attached hydrogens (tertiary/aromatic N) is 2. The maximum absolute atomic E-state index is 11.2. The van der Waals surface area contributed by atoms with Crippen molar-refractivity contribution in [1.29, 1.82) is 0 Å². The molecule has 1 aliphatic rings. The van der Waals surface area contributed by atoms with Crippen LogP contribution in [0.3, 0.4) is 0 Å². The number of amides is 1. The largest absolute Gasteiger partial charge is 0.290 e. The molecule has 0 aliphatic heterocycles. The number of aromatic nitrogens is 2. The monoisotopic (exact) mass is 222 g/mol. The number of nitrogens with two attached hydrogens (primary N) is 1. The first-order valence-corrected chi connectivity index (χ1v) is 5.83. The minimum Gasteiger partial charge on any atom is -0.290 e. The molecule has 0 bridgehead atoms. The first-order valence-electron chi connectivity index (χ1n) is 5.83. The quantitative estimate of drug-likeness (QED) is 0.456. The van der Waals surface area contributed by atoms with Gasteiger partial charge in [-0.3, -0.25) is 14.9 Å². The van der Waals surface area contributed by atoms with Gasteiger partial charge in [0.1, 0.15) is 0 Å². The molecule has 0 aromatic carbocycles. The zero-order valence-electron chi connectivity index (χ0n) is 9.35. The third-order valence-electron chi connectivity index (χ3n) is 3.20. The lowest BCUT2D eigenvalue weighted by molar-refractivity contribution is 0.0953. The van der Waals surface area contributed by atoms with Gasteiger partial charge in [-0.15, -0.1) is 0 Å². The molecule has 0 atom stereocenters. The molecule has 1 aromatic heterocycles. The van der Waals surface area contributed by atoms with Crippen molar-refractivity contribution >= 4 is 5.91 Å². The average molecular weight is 222 g/mol. The van der Waals surface area contributed by atoms with Crippen molar-refractivity contribution in [2.24, 2.45) is 11.8 Å². The molecule has 1 aromatic rings. The van der Waals surface area contributed by atoms with E-state index in [0.717, 1.165) is 6.54 Å². The Balaban J connectivity index is 1.94. The predicted octanol–water partition coefficient (Wildman–Crippen LogP) is 1.07. The highest BCUT2D eigenvalue weighted by molar-refractivity contribution is 5.93. The topological polar surface area (TPSA) is 72.9 Å². The molecule has 16 heavy (non-hydrogen) atoms. The second-order valence-electron chi connectivity index (χ2n) is 4.43. The third kappa shape index (κ3) is 2.61. The van der Waals surface area contributed by atoms with Gasteiger partial charge in [0.05, 0.1) is 11.8 Å². The number of nitrogen functional groups attached to an aromatic ring is 1. The standard InChI is InChI=1S/C11H18N4O/c12-14-11(16)10-6-13-15(8-10)7-9-4-2-1-3-5-9/h6,8-9H,1-5,7,12H2,(H,14,16). The SMILES string of the molecule is NNC(=O)c1cnn(CC2CCCCC2)c1. The van der Waals surface area contributed by atoms with Crippen LogP contribution in [-0.4, -0.2) is 15.7 Å². The molecule has 0 radical (unpaired) electrons. The van der Waals surface area contributed by atoms with Crippen LogP contribution in [0, 0.1) is 5.92 Å². The summed E-state index contributed by atoms with van der Waals surface area (Å²) in [5.74, 6) is 5.49. The Labute approximate surface area is 95.0 Å². The smallest absolute Gasteiger partial charge is 0.268 e. The fourth-order valence-corrected chi connectivity index (χ4v) is 2.30. The first kappa shape index (κ1) is 11.1. The number of carbonyl (C=O) groups is 1. The molecule has 1 saturated carbocycles. The van der Waals surface area contributed by atoms with E-state index in [2.05, 4.69) is 10.5 Å². The second kappa shape index (κ2) is 5.12. The number of hydrogen-bond donors (Lipinski definition) is 2. The van der Waals surface area contributed by atoms with Gasteiger partial charge in [0.2, 0.25) is 0 Å². The molecule has 3 N–H and O–H groups in total. The van der Waals surface area contributed by atoms with E-state index < -0.39 is 0 Å². The Hall–Kier alpha value is -1.36. The number of hydrogen-bond acceptors (Lipinski definition) is 3. The van der Waals surface area contributed by atoms with Crippen molar-refractivity contribution in [3.63, 3.8) is 0 Å². The van der Waals surface area contributed by atoms with Crippen LogP contribution in [0.2, 0.25) is 0 Å². The minimum absolute atomic E-state index is 0.283. The lowest BCUT2D eigenvalue weighted by Gasteiger charge is -2.21. The van der Waals surface area contributed by atoms with Crippen LogP contribution in [0.1, 0.15) is 42.5 Å². The molecular formula is C11H18N4O. The van der Waals surface area contributed by atoms with E-state index in [-0.39, 0.29) is 5.91 Å². The van der Waals surface area contributed by atoms with Gasteiger partial charge in [-0.1, -0.05) is 19.3 Å². The van der Waals surface area contributed by atoms with Crippen LogP contribution < -0.4 is 11.3 Å². The Morgan fingerprint density at radius 3 is 2.94 bits per heavy atom. The van der Waals surface area contributed by atoms with Crippen LogP contribution in [0.5, 0.6) is 0 Å². The highest BCUT2D eigenvalue weighted by Gasteiger charge is 2.15. The van der Waals surface area contributed by atoms with Crippen LogP contribution in [0.4, 0.5) is 0 Å². The van der Waals surface area contributed by atoms with Crippen molar-refractivity contribution in [1.82, 2.24) is 15.2 Å². The molecule has 1 amide bonds.